The summed E-state index contributed by atoms with van der Waals surface area (Å²) in [4.78, 5) is 4.75. The largest absolute Gasteiger partial charge is 0.497 e. The first kappa shape index (κ1) is 13.6. The van der Waals surface area contributed by atoms with Gasteiger partial charge < -0.3 is 9.47 Å². The van der Waals surface area contributed by atoms with Crippen molar-refractivity contribution in [1.82, 2.24) is 14.8 Å². The van der Waals surface area contributed by atoms with E-state index >= 15 is 0 Å². The summed E-state index contributed by atoms with van der Waals surface area (Å²) in [5, 5.41) is 6.49. The third-order valence-electron chi connectivity index (χ3n) is 3.86. The van der Waals surface area contributed by atoms with E-state index in [0.717, 1.165) is 39.1 Å². The number of methoxy groups -OCH3 is 2. The second-order valence-electron chi connectivity index (χ2n) is 5.21. The fourth-order valence-corrected chi connectivity index (χ4v) is 2.64. The highest BCUT2D eigenvalue weighted by atomic mass is 16.5. The first-order valence-electron chi connectivity index (χ1n) is 7.25. The summed E-state index contributed by atoms with van der Waals surface area (Å²) in [6, 6.07) is 15.7. The predicted molar refractivity (Wildman–Crippen MR) is 89.5 cm³/mol. The molecule has 23 heavy (non-hydrogen) atoms. The van der Waals surface area contributed by atoms with Gasteiger partial charge in [-0.2, -0.15) is 5.10 Å². The molecular formula is C18H15N3O2. The lowest BCUT2D eigenvalue weighted by molar-refractivity contribution is 0.414. The quantitative estimate of drug-likeness (QED) is 0.580. The Bertz CT molecular complexity index is 990. The molecule has 0 aliphatic carbocycles. The molecule has 0 N–H and O–H groups in total. The van der Waals surface area contributed by atoms with Crippen LogP contribution < -0.4 is 9.47 Å². The van der Waals surface area contributed by atoms with Crippen molar-refractivity contribution in [3.63, 3.8) is 0 Å². The lowest BCUT2D eigenvalue weighted by Crippen LogP contribution is -1.97. The standard InChI is InChI=1S/C18H15N3O2/c1-22-15-5-3-14(4-6-15)21-18-13(11-19-21)9-12-10-16(23-2)7-8-17(12)20-18/h3-11H,1-2H3. The van der Waals surface area contributed by atoms with Gasteiger partial charge in [-0.3, -0.25) is 0 Å². The van der Waals surface area contributed by atoms with Gasteiger partial charge in [-0.15, -0.1) is 0 Å². The summed E-state index contributed by atoms with van der Waals surface area (Å²) in [5.41, 5.74) is 2.68. The minimum Gasteiger partial charge on any atom is -0.497 e. The van der Waals surface area contributed by atoms with Gasteiger partial charge in [-0.1, -0.05) is 0 Å². The summed E-state index contributed by atoms with van der Waals surface area (Å²) >= 11 is 0. The number of hydrogen-bond donors (Lipinski definition) is 0. The molecule has 0 spiro atoms. The topological polar surface area (TPSA) is 49.2 Å². The van der Waals surface area contributed by atoms with Gasteiger partial charge in [-0.25, -0.2) is 9.67 Å². The maximum Gasteiger partial charge on any atom is 0.163 e. The number of pyridine rings is 1. The zero-order valence-electron chi connectivity index (χ0n) is 12.9. The van der Waals surface area contributed by atoms with Gasteiger partial charge in [0.2, 0.25) is 0 Å². The van der Waals surface area contributed by atoms with Crippen molar-refractivity contribution in [3.05, 3.63) is 54.7 Å². The Morgan fingerprint density at radius 3 is 2.30 bits per heavy atom. The Balaban J connectivity index is 1.89. The highest BCUT2D eigenvalue weighted by Crippen LogP contribution is 2.25. The average Bonchev–Trinajstić information content (AvgIpc) is 3.02. The van der Waals surface area contributed by atoms with Gasteiger partial charge in [0.25, 0.3) is 0 Å². The molecule has 2 aromatic heterocycles. The van der Waals surface area contributed by atoms with E-state index in [9.17, 15) is 0 Å². The van der Waals surface area contributed by atoms with Crippen LogP contribution in [0.5, 0.6) is 11.5 Å². The van der Waals surface area contributed by atoms with Gasteiger partial charge >= 0.3 is 0 Å². The molecule has 0 unspecified atom stereocenters. The van der Waals surface area contributed by atoms with Crippen molar-refractivity contribution in [3.8, 4) is 17.2 Å². The SMILES string of the molecule is COc1ccc(-n2ncc3cc4cc(OC)ccc4nc32)cc1. The molecule has 4 rings (SSSR count). The molecule has 2 aromatic carbocycles. The fraction of sp³-hybridized carbons (Fsp3) is 0.111. The number of rotatable bonds is 3. The van der Waals surface area contributed by atoms with Gasteiger partial charge in [0.15, 0.2) is 5.65 Å². The molecule has 5 nitrogen and oxygen atoms in total. The zero-order valence-corrected chi connectivity index (χ0v) is 12.9. The summed E-state index contributed by atoms with van der Waals surface area (Å²) in [6.07, 6.45) is 1.82. The second-order valence-corrected chi connectivity index (χ2v) is 5.21. The van der Waals surface area contributed by atoms with Crippen LogP contribution in [0.2, 0.25) is 0 Å². The molecule has 114 valence electrons. The summed E-state index contributed by atoms with van der Waals surface area (Å²) in [7, 11) is 3.31. The number of hydrogen-bond acceptors (Lipinski definition) is 4. The smallest absolute Gasteiger partial charge is 0.163 e. The lowest BCUT2D eigenvalue weighted by atomic mass is 10.2. The highest BCUT2D eigenvalue weighted by molar-refractivity contribution is 5.92. The van der Waals surface area contributed by atoms with Crippen LogP contribution in [0.25, 0.3) is 27.6 Å². The monoisotopic (exact) mass is 305 g/mol. The average molecular weight is 305 g/mol. The van der Waals surface area contributed by atoms with E-state index in [-0.39, 0.29) is 0 Å². The Kier molecular flexibility index (Phi) is 3.12. The minimum absolute atomic E-state index is 0.815. The molecule has 0 saturated heterocycles. The maximum atomic E-state index is 5.27. The number of fused-ring (bicyclic) bond motifs is 2. The van der Waals surface area contributed by atoms with Gasteiger partial charge in [-0.05, 0) is 48.5 Å². The molecule has 2 heterocycles. The Morgan fingerprint density at radius 1 is 0.826 bits per heavy atom. The van der Waals surface area contributed by atoms with Crippen molar-refractivity contribution in [1.29, 1.82) is 0 Å². The molecule has 0 atom stereocenters. The Morgan fingerprint density at radius 2 is 1.57 bits per heavy atom. The van der Waals surface area contributed by atoms with E-state index in [2.05, 4.69) is 11.2 Å². The predicted octanol–water partition coefficient (Wildman–Crippen LogP) is 3.59. The summed E-state index contributed by atoms with van der Waals surface area (Å²) in [5.74, 6) is 1.64. The number of nitrogens with zero attached hydrogens (tertiary/aromatic N) is 3. The molecule has 0 amide bonds. The highest BCUT2D eigenvalue weighted by Gasteiger charge is 2.09. The molecule has 5 heteroatoms. The lowest BCUT2D eigenvalue weighted by Gasteiger charge is -2.06. The Labute approximate surface area is 133 Å². The van der Waals surface area contributed by atoms with E-state index in [1.807, 2.05) is 53.3 Å². The summed E-state index contributed by atoms with van der Waals surface area (Å²) in [6.45, 7) is 0. The van der Waals surface area contributed by atoms with Gasteiger partial charge in [0.05, 0.1) is 31.6 Å². The van der Waals surface area contributed by atoms with Crippen molar-refractivity contribution in [2.45, 2.75) is 0 Å². The van der Waals surface area contributed by atoms with E-state index in [1.165, 1.54) is 0 Å². The molecule has 0 bridgehead atoms. The van der Waals surface area contributed by atoms with E-state index in [4.69, 9.17) is 14.5 Å². The first-order chi connectivity index (χ1) is 11.3. The number of aromatic nitrogens is 3. The summed E-state index contributed by atoms with van der Waals surface area (Å²) < 4.78 is 12.3. The fourth-order valence-electron chi connectivity index (χ4n) is 2.64. The van der Waals surface area contributed by atoms with E-state index in [1.54, 1.807) is 14.2 Å². The molecule has 0 aliphatic rings. The molecule has 0 saturated carbocycles. The van der Waals surface area contributed by atoms with E-state index in [0.29, 0.717) is 0 Å². The van der Waals surface area contributed by atoms with Crippen LogP contribution in [0.4, 0.5) is 0 Å². The van der Waals surface area contributed by atoms with Crippen LogP contribution in [0, 0.1) is 0 Å². The maximum absolute atomic E-state index is 5.27. The zero-order chi connectivity index (χ0) is 15.8. The van der Waals surface area contributed by atoms with Crippen LogP contribution in [-0.4, -0.2) is 29.0 Å². The number of benzene rings is 2. The second kappa shape index (κ2) is 5.28. The van der Waals surface area contributed by atoms with Crippen molar-refractivity contribution >= 4 is 21.9 Å². The van der Waals surface area contributed by atoms with E-state index < -0.39 is 0 Å². The van der Waals surface area contributed by atoms with Crippen LogP contribution in [0.15, 0.2) is 54.7 Å². The molecule has 0 fully saturated rings. The van der Waals surface area contributed by atoms with Gasteiger partial charge in [0, 0.05) is 10.8 Å². The molecule has 0 radical (unpaired) electrons. The normalized spacial score (nSPS) is 11.0. The van der Waals surface area contributed by atoms with Crippen LogP contribution in [0.1, 0.15) is 0 Å². The van der Waals surface area contributed by atoms with Crippen molar-refractivity contribution in [2.24, 2.45) is 0 Å². The molecule has 0 aliphatic heterocycles. The van der Waals surface area contributed by atoms with Crippen LogP contribution >= 0.6 is 0 Å². The molecular weight excluding hydrogens is 290 g/mol. The number of ether oxygens (including phenoxy) is 2. The van der Waals surface area contributed by atoms with Crippen LogP contribution in [-0.2, 0) is 0 Å². The third-order valence-corrected chi connectivity index (χ3v) is 3.86. The minimum atomic E-state index is 0.815. The molecule has 4 aromatic rings. The van der Waals surface area contributed by atoms with Crippen molar-refractivity contribution < 1.29 is 9.47 Å². The third kappa shape index (κ3) is 2.26. The van der Waals surface area contributed by atoms with Gasteiger partial charge in [0.1, 0.15) is 11.5 Å². The Hall–Kier alpha value is -3.08. The van der Waals surface area contributed by atoms with Crippen LogP contribution in [0.3, 0.4) is 0 Å². The van der Waals surface area contributed by atoms with Crippen molar-refractivity contribution in [2.75, 3.05) is 14.2 Å². The first-order valence-corrected chi connectivity index (χ1v) is 7.25.